The van der Waals surface area contributed by atoms with E-state index in [0.717, 1.165) is 17.6 Å². The number of anilines is 1. The zero-order valence-electron chi connectivity index (χ0n) is 13.1. The van der Waals surface area contributed by atoms with Crippen LogP contribution in [-0.4, -0.2) is 42.3 Å². The fraction of sp³-hybridized carbons (Fsp3) is 0.562. The lowest BCUT2D eigenvalue weighted by molar-refractivity contribution is 0.0159. The molecule has 1 aromatic carbocycles. The second-order valence-electron chi connectivity index (χ2n) is 6.45. The van der Waals surface area contributed by atoms with E-state index in [0.29, 0.717) is 6.54 Å². The van der Waals surface area contributed by atoms with Crippen LogP contribution in [0.2, 0.25) is 0 Å². The highest BCUT2D eigenvalue weighted by Crippen LogP contribution is 2.22. The molecule has 1 aromatic rings. The van der Waals surface area contributed by atoms with Gasteiger partial charge in [-0.3, -0.25) is 0 Å². The van der Waals surface area contributed by atoms with Crippen LogP contribution in [0.4, 0.5) is 10.5 Å². The molecule has 2 rings (SSSR count). The number of halogens is 1. The molecule has 116 valence electrons. The van der Waals surface area contributed by atoms with Gasteiger partial charge in [0, 0.05) is 35.8 Å². The van der Waals surface area contributed by atoms with Crippen LogP contribution in [0.5, 0.6) is 0 Å². The number of amides is 1. The summed E-state index contributed by atoms with van der Waals surface area (Å²) in [5.74, 6) is 0. The smallest absolute Gasteiger partial charge is 0.410 e. The highest BCUT2D eigenvalue weighted by molar-refractivity contribution is 9.10. The first-order valence-corrected chi connectivity index (χ1v) is 8.06. The Morgan fingerprint density at radius 2 is 1.86 bits per heavy atom. The molecular formula is C16H23BrN2O2. The van der Waals surface area contributed by atoms with Crippen LogP contribution in [0.3, 0.4) is 0 Å². The number of nitrogens with zero attached hydrogens (tertiary/aromatic N) is 2. The van der Waals surface area contributed by atoms with Crippen molar-refractivity contribution >= 4 is 27.7 Å². The van der Waals surface area contributed by atoms with Gasteiger partial charge < -0.3 is 14.5 Å². The van der Waals surface area contributed by atoms with Crippen LogP contribution in [0.1, 0.15) is 27.7 Å². The Balaban J connectivity index is 1.99. The molecule has 1 aliphatic heterocycles. The Morgan fingerprint density at radius 1 is 1.24 bits per heavy atom. The van der Waals surface area contributed by atoms with Crippen LogP contribution < -0.4 is 4.90 Å². The molecule has 1 heterocycles. The largest absolute Gasteiger partial charge is 0.444 e. The minimum Gasteiger partial charge on any atom is -0.444 e. The predicted molar refractivity (Wildman–Crippen MR) is 88.8 cm³/mol. The Kier molecular flexibility index (Phi) is 4.81. The van der Waals surface area contributed by atoms with Gasteiger partial charge in [0.2, 0.25) is 0 Å². The summed E-state index contributed by atoms with van der Waals surface area (Å²) in [5, 5.41) is 0. The number of piperazine rings is 1. The Hall–Kier alpha value is -1.23. The number of hydrogen-bond acceptors (Lipinski definition) is 3. The molecule has 1 fully saturated rings. The number of benzene rings is 1. The predicted octanol–water partition coefficient (Wildman–Crippen LogP) is 3.89. The second-order valence-corrected chi connectivity index (χ2v) is 7.36. The molecule has 4 nitrogen and oxygen atoms in total. The summed E-state index contributed by atoms with van der Waals surface area (Å²) in [4.78, 5) is 16.3. The van der Waals surface area contributed by atoms with E-state index >= 15 is 0 Å². The Labute approximate surface area is 135 Å². The molecule has 0 unspecified atom stereocenters. The van der Waals surface area contributed by atoms with E-state index in [9.17, 15) is 4.79 Å². The highest BCUT2D eigenvalue weighted by Gasteiger charge is 2.30. The van der Waals surface area contributed by atoms with Crippen LogP contribution in [0, 0.1) is 0 Å². The zero-order valence-corrected chi connectivity index (χ0v) is 14.7. The SMILES string of the molecule is C[C@H]1CN(c2ccc(Br)cc2)CCN1C(=O)OC(C)(C)C. The summed E-state index contributed by atoms with van der Waals surface area (Å²) in [6.45, 7) is 10.1. The van der Waals surface area contributed by atoms with Crippen molar-refractivity contribution in [3.05, 3.63) is 28.7 Å². The minimum atomic E-state index is -0.445. The van der Waals surface area contributed by atoms with E-state index in [4.69, 9.17) is 4.74 Å². The van der Waals surface area contributed by atoms with E-state index < -0.39 is 5.60 Å². The third-order valence-corrected chi connectivity index (χ3v) is 3.98. The maximum atomic E-state index is 12.2. The molecule has 0 N–H and O–H groups in total. The third kappa shape index (κ3) is 4.37. The monoisotopic (exact) mass is 354 g/mol. The zero-order chi connectivity index (χ0) is 15.6. The second kappa shape index (κ2) is 6.26. The van der Waals surface area contributed by atoms with Crippen LogP contribution in [-0.2, 0) is 4.74 Å². The third-order valence-electron chi connectivity index (χ3n) is 3.45. The summed E-state index contributed by atoms with van der Waals surface area (Å²) >= 11 is 3.45. The van der Waals surface area contributed by atoms with E-state index in [2.05, 4.69) is 39.9 Å². The van der Waals surface area contributed by atoms with Crippen molar-refractivity contribution in [3.63, 3.8) is 0 Å². The fourth-order valence-electron chi connectivity index (χ4n) is 2.44. The summed E-state index contributed by atoms with van der Waals surface area (Å²) in [6.07, 6.45) is -0.217. The molecule has 0 aromatic heterocycles. The standard InChI is InChI=1S/C16H23BrN2O2/c1-12-11-18(14-7-5-13(17)6-8-14)9-10-19(12)15(20)21-16(2,3)4/h5-8,12H,9-11H2,1-4H3/t12-/m0/s1. The molecule has 0 radical (unpaired) electrons. The van der Waals surface area contributed by atoms with Gasteiger partial charge in [0.05, 0.1) is 0 Å². The lowest BCUT2D eigenvalue weighted by atomic mass is 10.1. The lowest BCUT2D eigenvalue weighted by Crippen LogP contribution is -2.55. The van der Waals surface area contributed by atoms with Gasteiger partial charge in [-0.15, -0.1) is 0 Å². The van der Waals surface area contributed by atoms with Crippen LogP contribution in [0.15, 0.2) is 28.7 Å². The number of carbonyl (C=O) groups excluding carboxylic acids is 1. The topological polar surface area (TPSA) is 32.8 Å². The number of hydrogen-bond donors (Lipinski definition) is 0. The van der Waals surface area contributed by atoms with Crippen molar-refractivity contribution in [2.24, 2.45) is 0 Å². The summed E-state index contributed by atoms with van der Waals surface area (Å²) < 4.78 is 6.54. The van der Waals surface area contributed by atoms with Crippen molar-refractivity contribution < 1.29 is 9.53 Å². The van der Waals surface area contributed by atoms with E-state index in [1.807, 2.05) is 37.8 Å². The Bertz CT molecular complexity index is 496. The number of rotatable bonds is 1. The van der Waals surface area contributed by atoms with E-state index in [1.165, 1.54) is 5.69 Å². The fourth-order valence-corrected chi connectivity index (χ4v) is 2.70. The summed E-state index contributed by atoms with van der Waals surface area (Å²) in [5.41, 5.74) is 0.744. The quantitative estimate of drug-likeness (QED) is 0.766. The van der Waals surface area contributed by atoms with E-state index in [1.54, 1.807) is 0 Å². The molecule has 0 aliphatic carbocycles. The molecule has 1 saturated heterocycles. The molecular weight excluding hydrogens is 332 g/mol. The molecule has 5 heteroatoms. The molecule has 21 heavy (non-hydrogen) atoms. The van der Waals surface area contributed by atoms with Gasteiger partial charge in [0.15, 0.2) is 0 Å². The normalized spacial score (nSPS) is 19.6. The van der Waals surface area contributed by atoms with Gasteiger partial charge in [-0.2, -0.15) is 0 Å². The van der Waals surface area contributed by atoms with Crippen molar-refractivity contribution in [3.8, 4) is 0 Å². The highest BCUT2D eigenvalue weighted by atomic mass is 79.9. The first-order valence-electron chi connectivity index (χ1n) is 7.26. The first kappa shape index (κ1) is 16.1. The van der Waals surface area contributed by atoms with Gasteiger partial charge in [0.1, 0.15) is 5.60 Å². The Morgan fingerprint density at radius 3 is 2.38 bits per heavy atom. The average molecular weight is 355 g/mol. The van der Waals surface area contributed by atoms with Crippen molar-refractivity contribution in [2.45, 2.75) is 39.3 Å². The van der Waals surface area contributed by atoms with Crippen molar-refractivity contribution in [1.82, 2.24) is 4.90 Å². The van der Waals surface area contributed by atoms with Crippen molar-refractivity contribution in [1.29, 1.82) is 0 Å². The first-order chi connectivity index (χ1) is 9.76. The lowest BCUT2D eigenvalue weighted by Gasteiger charge is -2.41. The summed E-state index contributed by atoms with van der Waals surface area (Å²) in [6, 6.07) is 8.41. The van der Waals surface area contributed by atoms with E-state index in [-0.39, 0.29) is 12.1 Å². The van der Waals surface area contributed by atoms with Crippen LogP contribution >= 0.6 is 15.9 Å². The van der Waals surface area contributed by atoms with Crippen molar-refractivity contribution in [2.75, 3.05) is 24.5 Å². The summed E-state index contributed by atoms with van der Waals surface area (Å²) in [7, 11) is 0. The molecule has 0 bridgehead atoms. The molecule has 1 aliphatic rings. The molecule has 0 spiro atoms. The maximum Gasteiger partial charge on any atom is 0.410 e. The number of carbonyl (C=O) groups is 1. The minimum absolute atomic E-state index is 0.136. The van der Waals surface area contributed by atoms with Gasteiger partial charge in [-0.1, -0.05) is 15.9 Å². The molecule has 0 saturated carbocycles. The molecule has 1 amide bonds. The van der Waals surface area contributed by atoms with Crippen LogP contribution in [0.25, 0.3) is 0 Å². The maximum absolute atomic E-state index is 12.2. The van der Waals surface area contributed by atoms with Gasteiger partial charge >= 0.3 is 6.09 Å². The number of ether oxygens (including phenoxy) is 1. The molecule has 1 atom stereocenters. The van der Waals surface area contributed by atoms with Gasteiger partial charge in [0.25, 0.3) is 0 Å². The average Bonchev–Trinajstić information content (AvgIpc) is 2.37. The van der Waals surface area contributed by atoms with Gasteiger partial charge in [-0.25, -0.2) is 4.79 Å². The van der Waals surface area contributed by atoms with Gasteiger partial charge in [-0.05, 0) is 52.0 Å².